The Morgan fingerprint density at radius 3 is 2.35 bits per heavy atom. The van der Waals surface area contributed by atoms with Crippen LogP contribution in [0, 0.1) is 0 Å². The highest BCUT2D eigenvalue weighted by Crippen LogP contribution is 2.26. The maximum atomic E-state index is 12.1. The minimum Gasteiger partial charge on any atom is -0.478 e. The van der Waals surface area contributed by atoms with E-state index >= 15 is 0 Å². The average molecular weight is 302 g/mol. The Bertz CT molecular complexity index is 541. The lowest BCUT2D eigenvalue weighted by atomic mass is 10.1. The summed E-state index contributed by atoms with van der Waals surface area (Å²) in [7, 11) is -3.52. The van der Waals surface area contributed by atoms with E-state index in [1.54, 1.807) is 0 Å². The summed E-state index contributed by atoms with van der Waals surface area (Å²) < 4.78 is 24.2. The number of carbonyl (C=O) groups is 1. The molecular formula is C12H18N2O5S. The van der Waals surface area contributed by atoms with Crippen molar-refractivity contribution in [2.75, 3.05) is 18.9 Å². The van der Waals surface area contributed by atoms with Crippen molar-refractivity contribution in [3.8, 4) is 0 Å². The molecule has 1 aromatic rings. The Kier molecular flexibility index (Phi) is 6.08. The third-order valence-corrected chi connectivity index (χ3v) is 5.02. The number of hydrazine groups is 1. The van der Waals surface area contributed by atoms with Gasteiger partial charge in [0.1, 0.15) is 0 Å². The second kappa shape index (κ2) is 7.34. The van der Waals surface area contributed by atoms with Gasteiger partial charge in [-0.05, 0) is 24.1 Å². The molecule has 0 aliphatic rings. The largest absolute Gasteiger partial charge is 0.478 e. The van der Waals surface area contributed by atoms with Gasteiger partial charge in [-0.15, -0.1) is 0 Å². The molecule has 112 valence electrons. The van der Waals surface area contributed by atoms with Crippen molar-refractivity contribution < 1.29 is 23.4 Å². The molecule has 0 aliphatic carbocycles. The Morgan fingerprint density at radius 1 is 1.30 bits per heavy atom. The number of hydrogen-bond donors (Lipinski definition) is 4. The Morgan fingerprint density at radius 2 is 1.90 bits per heavy atom. The highest BCUT2D eigenvalue weighted by Gasteiger charge is 2.26. The van der Waals surface area contributed by atoms with Crippen LogP contribution in [0.5, 0.6) is 0 Å². The van der Waals surface area contributed by atoms with Crippen LogP contribution in [-0.2, 0) is 9.84 Å². The molecule has 1 rings (SSSR count). The molecule has 8 heteroatoms. The van der Waals surface area contributed by atoms with Crippen molar-refractivity contribution in [3.63, 3.8) is 0 Å². The monoisotopic (exact) mass is 302 g/mol. The predicted octanol–water partition coefficient (Wildman–Crippen LogP) is -0.314. The van der Waals surface area contributed by atoms with Crippen molar-refractivity contribution in [3.05, 3.63) is 35.4 Å². The molecular weight excluding hydrogens is 284 g/mol. The summed E-state index contributed by atoms with van der Waals surface area (Å²) in [6, 6.07) is 5.66. The number of nitrogens with two attached hydrogens (primary N) is 1. The van der Waals surface area contributed by atoms with Crippen LogP contribution >= 0.6 is 0 Å². The normalized spacial score (nSPS) is 13.1. The molecule has 0 saturated carbocycles. The number of sulfone groups is 1. The van der Waals surface area contributed by atoms with Crippen LogP contribution in [0.4, 0.5) is 0 Å². The van der Waals surface area contributed by atoms with Crippen LogP contribution in [0.15, 0.2) is 24.3 Å². The molecule has 7 nitrogen and oxygen atoms in total. The lowest BCUT2D eigenvalue weighted by Crippen LogP contribution is -2.28. The fourth-order valence-corrected chi connectivity index (χ4v) is 3.47. The van der Waals surface area contributed by atoms with Gasteiger partial charge < -0.3 is 10.2 Å². The van der Waals surface area contributed by atoms with Gasteiger partial charge >= 0.3 is 5.97 Å². The van der Waals surface area contributed by atoms with Gasteiger partial charge in [-0.25, -0.2) is 13.2 Å². The molecule has 0 aromatic heterocycles. The van der Waals surface area contributed by atoms with Crippen LogP contribution in [0.3, 0.4) is 0 Å². The molecule has 0 spiro atoms. The van der Waals surface area contributed by atoms with Crippen molar-refractivity contribution in [2.45, 2.75) is 11.7 Å². The van der Waals surface area contributed by atoms with Gasteiger partial charge in [0.05, 0.1) is 23.2 Å². The van der Waals surface area contributed by atoms with E-state index in [0.29, 0.717) is 5.56 Å². The van der Waals surface area contributed by atoms with Crippen molar-refractivity contribution >= 4 is 15.8 Å². The lowest BCUT2D eigenvalue weighted by molar-refractivity contribution is 0.0697. The lowest BCUT2D eigenvalue weighted by Gasteiger charge is -2.17. The summed E-state index contributed by atoms with van der Waals surface area (Å²) in [4.78, 5) is 10.8. The number of benzene rings is 1. The van der Waals surface area contributed by atoms with Crippen molar-refractivity contribution in [2.24, 2.45) is 5.84 Å². The van der Waals surface area contributed by atoms with E-state index in [9.17, 15) is 13.2 Å². The maximum absolute atomic E-state index is 12.1. The van der Waals surface area contributed by atoms with E-state index in [1.807, 2.05) is 0 Å². The number of aliphatic hydroxyl groups excluding tert-OH is 1. The predicted molar refractivity (Wildman–Crippen MR) is 73.8 cm³/mol. The first-order valence-electron chi connectivity index (χ1n) is 6.01. The molecule has 0 amide bonds. The molecule has 0 aliphatic heterocycles. The van der Waals surface area contributed by atoms with E-state index < -0.39 is 27.7 Å². The average Bonchev–Trinajstić information content (AvgIpc) is 2.39. The molecule has 0 bridgehead atoms. The van der Waals surface area contributed by atoms with Crippen LogP contribution in [-0.4, -0.2) is 43.5 Å². The molecule has 1 aromatic carbocycles. The molecule has 0 radical (unpaired) electrons. The highest BCUT2D eigenvalue weighted by molar-refractivity contribution is 7.91. The molecule has 1 atom stereocenters. The number of carboxylic acid groups (broad SMARTS) is 1. The first kappa shape index (κ1) is 16.6. The van der Waals surface area contributed by atoms with Gasteiger partial charge in [0.25, 0.3) is 0 Å². The Balaban J connectivity index is 3.07. The quantitative estimate of drug-likeness (QED) is 0.382. The molecule has 5 N–H and O–H groups in total. The summed E-state index contributed by atoms with van der Waals surface area (Å²) in [5.74, 6) is 3.75. The third-order valence-electron chi connectivity index (χ3n) is 2.89. The minimum absolute atomic E-state index is 0.0870. The minimum atomic E-state index is -3.52. The summed E-state index contributed by atoms with van der Waals surface area (Å²) in [5, 5.41) is 16.8. The first-order valence-corrected chi connectivity index (χ1v) is 7.73. The number of nitrogens with one attached hydrogen (secondary N) is 1. The van der Waals surface area contributed by atoms with Crippen LogP contribution in [0.1, 0.15) is 27.6 Å². The van der Waals surface area contributed by atoms with E-state index in [4.69, 9.17) is 16.1 Å². The maximum Gasteiger partial charge on any atom is 0.335 e. The zero-order chi connectivity index (χ0) is 15.2. The van der Waals surface area contributed by atoms with Gasteiger partial charge in [0.2, 0.25) is 0 Å². The number of rotatable bonds is 8. The zero-order valence-electron chi connectivity index (χ0n) is 10.8. The van der Waals surface area contributed by atoms with E-state index in [2.05, 4.69) is 5.43 Å². The first-order chi connectivity index (χ1) is 9.42. The summed E-state index contributed by atoms with van der Waals surface area (Å²) >= 11 is 0. The van der Waals surface area contributed by atoms with Crippen molar-refractivity contribution in [1.29, 1.82) is 0 Å². The SMILES string of the molecule is NNCCC(c1ccc(C(=O)O)cc1)S(=O)(=O)CCO. The Labute approximate surface area is 117 Å². The fourth-order valence-electron chi connectivity index (χ4n) is 1.88. The third kappa shape index (κ3) is 4.27. The molecule has 20 heavy (non-hydrogen) atoms. The number of carboxylic acids is 1. The summed E-state index contributed by atoms with van der Waals surface area (Å²) in [6.45, 7) is -0.169. The van der Waals surface area contributed by atoms with Gasteiger partial charge in [-0.1, -0.05) is 12.1 Å². The molecule has 0 fully saturated rings. The smallest absolute Gasteiger partial charge is 0.335 e. The standard InChI is InChI=1S/C12H18N2O5S/c13-14-6-5-11(20(18,19)8-7-15)9-1-3-10(4-2-9)12(16)17/h1-4,11,14-15H,5-8,13H2,(H,16,17). The summed E-state index contributed by atoms with van der Waals surface area (Å²) in [5.41, 5.74) is 2.96. The number of aromatic carboxylic acids is 1. The molecule has 0 heterocycles. The molecule has 0 saturated heterocycles. The zero-order valence-corrected chi connectivity index (χ0v) is 11.6. The van der Waals surface area contributed by atoms with Crippen molar-refractivity contribution in [1.82, 2.24) is 5.43 Å². The van der Waals surface area contributed by atoms with Gasteiger partial charge in [-0.3, -0.25) is 11.3 Å². The second-order valence-corrected chi connectivity index (χ2v) is 6.55. The van der Waals surface area contributed by atoms with Gasteiger partial charge in [0.15, 0.2) is 9.84 Å². The highest BCUT2D eigenvalue weighted by atomic mass is 32.2. The van der Waals surface area contributed by atoms with Gasteiger partial charge in [-0.2, -0.15) is 0 Å². The van der Waals surface area contributed by atoms with Crippen LogP contribution < -0.4 is 11.3 Å². The number of aliphatic hydroxyl groups is 1. The topological polar surface area (TPSA) is 130 Å². The van der Waals surface area contributed by atoms with Crippen LogP contribution in [0.2, 0.25) is 0 Å². The van der Waals surface area contributed by atoms with Gasteiger partial charge in [0, 0.05) is 6.54 Å². The Hall–Kier alpha value is -1.48. The van der Waals surface area contributed by atoms with E-state index in [0.717, 1.165) is 0 Å². The summed E-state index contributed by atoms with van der Waals surface area (Å²) in [6.07, 6.45) is 0.241. The fraction of sp³-hybridized carbons (Fsp3) is 0.417. The number of hydrogen-bond acceptors (Lipinski definition) is 6. The molecule has 1 unspecified atom stereocenters. The van der Waals surface area contributed by atoms with E-state index in [-0.39, 0.29) is 24.3 Å². The van der Waals surface area contributed by atoms with Crippen LogP contribution in [0.25, 0.3) is 0 Å². The second-order valence-electron chi connectivity index (χ2n) is 4.25. The van der Waals surface area contributed by atoms with E-state index in [1.165, 1.54) is 24.3 Å².